The van der Waals surface area contributed by atoms with Crippen molar-refractivity contribution >= 4 is 34.1 Å². The molecule has 4 atom stereocenters. The molecule has 0 aliphatic heterocycles. The summed E-state index contributed by atoms with van der Waals surface area (Å²) in [6, 6.07) is 79.5. The standard InChI is InChI=1S/C106H128N2/c1-5-9-13-17-21-35-55-105(56-36-22-18-14-10-6-2)99-71-87(107(85-39-27-25-28-40-85)103-45-33-31-43-91(103)79-47-51-89-81-61-75-59-76(62-81)66-83(65-75)95(89)69-79)49-53-93(99)97-74-102-98(73-101(97)105)94-54-50-88(72-100(94)106(102,57-37-23-19-15-11-7-3)58-38-24-20-16-12-8-4)108(86-41-29-26-30-42-86)104-46-34-32-44-92(104)80-48-52-90-82-63-77-60-78(64-82)68-84(67-77)96(90)70-80/h25-34,39-54,69-78,81-84H,5-24,35-38,55-68H2,1-4H3. The average molecular weight is 1430 g/mol. The van der Waals surface area contributed by atoms with E-state index >= 15 is 0 Å². The lowest BCUT2D eigenvalue weighted by Crippen LogP contribution is -2.27. The first-order valence-corrected chi connectivity index (χ1v) is 45.0. The Labute approximate surface area is 652 Å². The summed E-state index contributed by atoms with van der Waals surface area (Å²) in [4.78, 5) is 5.35. The molecular formula is C106H128N2. The Morgan fingerprint density at radius 3 is 0.898 bits per heavy atom. The minimum absolute atomic E-state index is 0.144. The van der Waals surface area contributed by atoms with Crippen LogP contribution < -0.4 is 9.80 Å². The molecule has 0 heterocycles. The normalized spacial score (nSPS) is 21.6. The van der Waals surface area contributed by atoms with Crippen molar-refractivity contribution in [2.24, 2.45) is 23.7 Å². The Bertz CT molecular complexity index is 4180. The zero-order valence-corrected chi connectivity index (χ0v) is 66.9. The quantitative estimate of drug-likeness (QED) is 0.0361. The summed E-state index contributed by atoms with van der Waals surface area (Å²) in [5.41, 5.74) is 32.0. The highest BCUT2D eigenvalue weighted by Gasteiger charge is 2.50. The van der Waals surface area contributed by atoms with Crippen molar-refractivity contribution in [3.8, 4) is 44.5 Å². The highest BCUT2D eigenvalue weighted by atomic mass is 15.2. The molecular weight excluding hydrogens is 1300 g/mol. The third-order valence-corrected chi connectivity index (χ3v) is 29.3. The first-order chi connectivity index (χ1) is 53.3. The molecule has 0 spiro atoms. The van der Waals surface area contributed by atoms with Gasteiger partial charge in [0.05, 0.1) is 11.4 Å². The molecule has 562 valence electrons. The van der Waals surface area contributed by atoms with Crippen LogP contribution in [0.4, 0.5) is 34.1 Å². The monoisotopic (exact) mass is 1430 g/mol. The lowest BCUT2D eigenvalue weighted by atomic mass is 9.67. The molecule has 0 N–H and O–H groups in total. The van der Waals surface area contributed by atoms with Gasteiger partial charge in [-0.15, -0.1) is 0 Å². The number of hydrogen-bond acceptors (Lipinski definition) is 2. The number of nitrogens with zero attached hydrogens (tertiary/aromatic N) is 2. The summed E-state index contributed by atoms with van der Waals surface area (Å²) in [6.07, 6.45) is 50.0. The van der Waals surface area contributed by atoms with Gasteiger partial charge in [-0.1, -0.05) is 303 Å². The molecule has 8 bridgehead atoms. The lowest BCUT2D eigenvalue weighted by Gasteiger charge is -2.38. The number of rotatable bonds is 36. The van der Waals surface area contributed by atoms with E-state index in [0.717, 1.165) is 35.5 Å². The highest BCUT2D eigenvalue weighted by Crippen LogP contribution is 2.64. The van der Waals surface area contributed by atoms with Gasteiger partial charge in [-0.25, -0.2) is 0 Å². The predicted molar refractivity (Wildman–Crippen MR) is 462 cm³/mol. The van der Waals surface area contributed by atoms with Crippen LogP contribution in [0.1, 0.15) is 340 Å². The molecule has 4 unspecified atom stereocenters. The zero-order chi connectivity index (χ0) is 73.0. The SMILES string of the molecule is CCCCCCCCC1(CCCCCCCC)c2cc(N(c3ccccc3)c3ccccc3-c3ccc4c(c3)C3CC5CC(CC4C5)C3)ccc2-c2cc3c(cc21)-c1ccc(N(c2ccccc2)c2ccccc2-c2ccc4c(c2)C2CC5CC(CC4C5)C2)cc1C3(CCCCCCCC)CCCCCCCC. The smallest absolute Gasteiger partial charge is 0.0540 e. The van der Waals surface area contributed by atoms with Crippen LogP contribution in [-0.2, 0) is 10.8 Å². The second-order valence-corrected chi connectivity index (χ2v) is 36.3. The molecule has 0 amide bonds. The highest BCUT2D eigenvalue weighted by molar-refractivity contribution is 5.95. The summed E-state index contributed by atoms with van der Waals surface area (Å²) >= 11 is 0. The number of para-hydroxylation sites is 4. The molecule has 2 heteroatoms. The van der Waals surface area contributed by atoms with Gasteiger partial charge in [-0.2, -0.15) is 0 Å². The minimum atomic E-state index is -0.144. The summed E-state index contributed by atoms with van der Waals surface area (Å²) in [7, 11) is 0. The van der Waals surface area contributed by atoms with Crippen LogP contribution in [0.3, 0.4) is 0 Å². The fourth-order valence-electron chi connectivity index (χ4n) is 24.4. The minimum Gasteiger partial charge on any atom is -0.310 e. The molecule has 0 radical (unpaired) electrons. The number of unbranched alkanes of at least 4 members (excludes halogenated alkanes) is 20. The maximum absolute atomic E-state index is 2.91. The lowest BCUT2D eigenvalue weighted by molar-refractivity contribution is 0.165. The molecule has 9 aromatic carbocycles. The van der Waals surface area contributed by atoms with Gasteiger partial charge in [0.15, 0.2) is 0 Å². The molecule has 19 rings (SSSR count). The van der Waals surface area contributed by atoms with Crippen LogP contribution in [0.2, 0.25) is 0 Å². The Balaban J connectivity index is 0.830. The molecule has 0 aromatic heterocycles. The third kappa shape index (κ3) is 14.5. The van der Waals surface area contributed by atoms with Crippen molar-refractivity contribution in [2.75, 3.05) is 9.80 Å². The molecule has 4 saturated carbocycles. The van der Waals surface area contributed by atoms with Gasteiger partial charge in [0.25, 0.3) is 0 Å². The van der Waals surface area contributed by atoms with Crippen LogP contribution in [0.15, 0.2) is 194 Å². The number of anilines is 6. The summed E-state index contributed by atoms with van der Waals surface area (Å²) < 4.78 is 0. The Kier molecular flexibility index (Phi) is 22.6. The Morgan fingerprint density at radius 1 is 0.241 bits per heavy atom. The predicted octanol–water partition coefficient (Wildman–Crippen LogP) is 32.3. The van der Waals surface area contributed by atoms with Crippen LogP contribution >= 0.6 is 0 Å². The summed E-state index contributed by atoms with van der Waals surface area (Å²) in [6.45, 7) is 9.52. The van der Waals surface area contributed by atoms with Gasteiger partial charge in [0, 0.05) is 44.7 Å². The zero-order valence-electron chi connectivity index (χ0n) is 66.9. The topological polar surface area (TPSA) is 6.48 Å². The van der Waals surface area contributed by atoms with Crippen molar-refractivity contribution in [2.45, 2.75) is 306 Å². The maximum atomic E-state index is 2.91. The van der Waals surface area contributed by atoms with E-state index < -0.39 is 0 Å². The van der Waals surface area contributed by atoms with E-state index in [1.54, 1.807) is 44.5 Å². The van der Waals surface area contributed by atoms with Crippen molar-refractivity contribution < 1.29 is 0 Å². The van der Waals surface area contributed by atoms with Crippen LogP contribution in [0, 0.1) is 23.7 Å². The average Bonchev–Trinajstić information content (AvgIpc) is 1.53. The molecule has 9 aromatic rings. The molecule has 4 fully saturated rings. The number of benzene rings is 9. The molecule has 2 nitrogen and oxygen atoms in total. The first-order valence-electron chi connectivity index (χ1n) is 45.0. The summed E-state index contributed by atoms with van der Waals surface area (Å²) in [5, 5.41) is 0. The van der Waals surface area contributed by atoms with E-state index in [1.807, 2.05) is 0 Å². The third-order valence-electron chi connectivity index (χ3n) is 29.3. The second kappa shape index (κ2) is 33.3. The molecule has 0 saturated heterocycles. The van der Waals surface area contributed by atoms with Crippen molar-refractivity contribution in [1.82, 2.24) is 0 Å². The molecule has 10 aliphatic carbocycles. The van der Waals surface area contributed by atoms with Gasteiger partial charge < -0.3 is 9.80 Å². The van der Waals surface area contributed by atoms with E-state index in [2.05, 4.69) is 232 Å². The van der Waals surface area contributed by atoms with Crippen LogP contribution in [0.25, 0.3) is 44.5 Å². The van der Waals surface area contributed by atoms with Gasteiger partial charge in [-0.3, -0.25) is 0 Å². The van der Waals surface area contributed by atoms with Crippen LogP contribution in [0.5, 0.6) is 0 Å². The molecule has 10 aliphatic rings. The fourth-order valence-corrected chi connectivity index (χ4v) is 24.4. The van der Waals surface area contributed by atoms with E-state index in [0.29, 0.717) is 11.8 Å². The number of hydrogen-bond donors (Lipinski definition) is 0. The van der Waals surface area contributed by atoms with Crippen molar-refractivity contribution in [1.29, 1.82) is 0 Å². The van der Waals surface area contributed by atoms with Crippen molar-refractivity contribution in [3.63, 3.8) is 0 Å². The summed E-state index contributed by atoms with van der Waals surface area (Å²) in [5.74, 6) is 6.46. The molecule has 108 heavy (non-hydrogen) atoms. The van der Waals surface area contributed by atoms with E-state index in [1.165, 1.54) is 323 Å². The van der Waals surface area contributed by atoms with E-state index in [-0.39, 0.29) is 10.8 Å². The maximum Gasteiger partial charge on any atom is 0.0540 e. The van der Waals surface area contributed by atoms with Gasteiger partial charge in [0.2, 0.25) is 0 Å². The van der Waals surface area contributed by atoms with E-state index in [9.17, 15) is 0 Å². The Morgan fingerprint density at radius 2 is 0.546 bits per heavy atom. The van der Waals surface area contributed by atoms with Crippen molar-refractivity contribution in [3.05, 3.63) is 239 Å². The van der Waals surface area contributed by atoms with Gasteiger partial charge in [0.1, 0.15) is 0 Å². The van der Waals surface area contributed by atoms with Gasteiger partial charge in [-0.05, 0) is 288 Å². The fraction of sp³-hybridized carbons (Fsp3) is 0.491. The van der Waals surface area contributed by atoms with Crippen LogP contribution in [-0.4, -0.2) is 0 Å². The van der Waals surface area contributed by atoms with Gasteiger partial charge >= 0.3 is 0 Å². The largest absolute Gasteiger partial charge is 0.310 e. The number of fused-ring (bicyclic) bond motifs is 6. The first kappa shape index (κ1) is 73.4. The second-order valence-electron chi connectivity index (χ2n) is 36.3. The van der Waals surface area contributed by atoms with E-state index in [4.69, 9.17) is 0 Å². The Hall–Kier alpha value is -7.42.